The highest BCUT2D eigenvalue weighted by atomic mass is 32.2. The van der Waals surface area contributed by atoms with Gasteiger partial charge in [-0.15, -0.1) is 6.42 Å². The van der Waals surface area contributed by atoms with Crippen molar-refractivity contribution < 1.29 is 18.0 Å². The molecule has 2 saturated heterocycles. The van der Waals surface area contributed by atoms with Crippen LogP contribution in [0.1, 0.15) is 6.42 Å². The molecule has 2 atom stereocenters. The van der Waals surface area contributed by atoms with Crippen molar-refractivity contribution in [3.8, 4) is 12.3 Å². The summed E-state index contributed by atoms with van der Waals surface area (Å²) in [6.07, 6.45) is 5.68. The summed E-state index contributed by atoms with van der Waals surface area (Å²) in [5.41, 5.74) is 0. The van der Waals surface area contributed by atoms with Gasteiger partial charge in [-0.3, -0.25) is 14.9 Å². The quantitative estimate of drug-likeness (QED) is 0.573. The normalized spacial score (nSPS) is 28.4. The molecule has 0 saturated carbocycles. The van der Waals surface area contributed by atoms with E-state index in [9.17, 15) is 18.0 Å². The summed E-state index contributed by atoms with van der Waals surface area (Å²) in [6.45, 7) is 0.340. The molecule has 8 heteroatoms. The predicted molar refractivity (Wildman–Crippen MR) is 72.4 cm³/mol. The molecule has 2 unspecified atom stereocenters. The van der Waals surface area contributed by atoms with Gasteiger partial charge in [0.25, 0.3) is 0 Å². The number of terminal acetylenes is 1. The van der Waals surface area contributed by atoms with Gasteiger partial charge in [0.15, 0.2) is 9.84 Å². The smallest absolute Gasteiger partial charge is 0.242 e. The number of carbonyl (C=O) groups excluding carboxylic acids is 2. The summed E-state index contributed by atoms with van der Waals surface area (Å²) in [5, 5.41) is 5.43. The molecule has 0 aliphatic carbocycles. The Morgan fingerprint density at radius 1 is 1.50 bits per heavy atom. The average Bonchev–Trinajstić information content (AvgIpc) is 2.76. The molecule has 0 radical (unpaired) electrons. The second kappa shape index (κ2) is 5.81. The first kappa shape index (κ1) is 14.8. The molecule has 0 aromatic heterocycles. The molecule has 2 amide bonds. The molecule has 110 valence electrons. The third-order valence-electron chi connectivity index (χ3n) is 3.50. The van der Waals surface area contributed by atoms with Crippen LogP contribution in [0.15, 0.2) is 0 Å². The molecule has 0 bridgehead atoms. The number of sulfone groups is 1. The summed E-state index contributed by atoms with van der Waals surface area (Å²) in [5.74, 6) is 2.01. The van der Waals surface area contributed by atoms with Crippen LogP contribution >= 0.6 is 0 Å². The highest BCUT2D eigenvalue weighted by Gasteiger charge is 2.37. The molecule has 2 N–H and O–H groups in total. The number of rotatable bonds is 3. The van der Waals surface area contributed by atoms with E-state index >= 15 is 0 Å². The van der Waals surface area contributed by atoms with Gasteiger partial charge in [0.2, 0.25) is 11.8 Å². The topological polar surface area (TPSA) is 95.6 Å². The van der Waals surface area contributed by atoms with Gasteiger partial charge in [0.1, 0.15) is 6.04 Å². The predicted octanol–water partition coefficient (Wildman–Crippen LogP) is -2.28. The van der Waals surface area contributed by atoms with E-state index in [1.807, 2.05) is 0 Å². The lowest BCUT2D eigenvalue weighted by Crippen LogP contribution is -2.60. The first-order valence-corrected chi connectivity index (χ1v) is 8.19. The van der Waals surface area contributed by atoms with Gasteiger partial charge in [-0.2, -0.15) is 0 Å². The largest absolute Gasteiger partial charge is 0.353 e. The number of carbonyl (C=O) groups is 2. The molecular weight excluding hydrogens is 282 g/mol. The zero-order valence-corrected chi connectivity index (χ0v) is 11.8. The van der Waals surface area contributed by atoms with E-state index in [2.05, 4.69) is 16.6 Å². The standard InChI is InChI=1S/C12H17N3O4S/c1-2-4-15(9-3-5-20(18,19)8-9)12(17)10-6-14-11(16)7-13-10/h1,9-10,13H,3-8H2,(H,14,16). The maximum Gasteiger partial charge on any atom is 0.242 e. The van der Waals surface area contributed by atoms with Crippen LogP contribution in [0.25, 0.3) is 0 Å². The highest BCUT2D eigenvalue weighted by molar-refractivity contribution is 7.91. The minimum Gasteiger partial charge on any atom is -0.353 e. The lowest BCUT2D eigenvalue weighted by molar-refractivity contribution is -0.135. The van der Waals surface area contributed by atoms with Crippen LogP contribution in [0.4, 0.5) is 0 Å². The van der Waals surface area contributed by atoms with Gasteiger partial charge < -0.3 is 10.2 Å². The minimum absolute atomic E-state index is 0.0422. The van der Waals surface area contributed by atoms with Gasteiger partial charge in [0, 0.05) is 12.6 Å². The number of nitrogens with one attached hydrogen (secondary N) is 2. The molecule has 2 heterocycles. The maximum absolute atomic E-state index is 12.4. The lowest BCUT2D eigenvalue weighted by Gasteiger charge is -2.32. The van der Waals surface area contributed by atoms with Gasteiger partial charge in [-0.05, 0) is 6.42 Å². The lowest BCUT2D eigenvalue weighted by atomic mass is 10.1. The van der Waals surface area contributed by atoms with E-state index in [-0.39, 0.29) is 49.0 Å². The van der Waals surface area contributed by atoms with Crippen LogP contribution in [0.5, 0.6) is 0 Å². The monoisotopic (exact) mass is 299 g/mol. The molecule has 2 aliphatic rings. The van der Waals surface area contributed by atoms with Crippen molar-refractivity contribution in [2.75, 3.05) is 31.1 Å². The number of hydrogen-bond acceptors (Lipinski definition) is 5. The Balaban J connectivity index is 2.07. The van der Waals surface area contributed by atoms with Crippen molar-refractivity contribution in [1.82, 2.24) is 15.5 Å². The van der Waals surface area contributed by atoms with Crippen molar-refractivity contribution in [3.63, 3.8) is 0 Å². The van der Waals surface area contributed by atoms with E-state index in [4.69, 9.17) is 6.42 Å². The third-order valence-corrected chi connectivity index (χ3v) is 5.25. The fourth-order valence-corrected chi connectivity index (χ4v) is 4.18. The molecule has 0 aromatic rings. The number of nitrogens with zero attached hydrogens (tertiary/aromatic N) is 1. The van der Waals surface area contributed by atoms with Crippen molar-refractivity contribution in [1.29, 1.82) is 0 Å². The van der Waals surface area contributed by atoms with Crippen molar-refractivity contribution in [3.05, 3.63) is 0 Å². The SMILES string of the molecule is C#CCN(C(=O)C1CNC(=O)CN1)C1CCS(=O)(=O)C1. The summed E-state index contributed by atoms with van der Waals surface area (Å²) in [6, 6.07) is -0.924. The third kappa shape index (κ3) is 3.29. The molecule has 0 aromatic carbocycles. The Morgan fingerprint density at radius 2 is 2.25 bits per heavy atom. The Kier molecular flexibility index (Phi) is 4.30. The number of amides is 2. The van der Waals surface area contributed by atoms with E-state index in [0.717, 1.165) is 0 Å². The minimum atomic E-state index is -3.08. The second-order valence-electron chi connectivity index (χ2n) is 4.96. The molecule has 7 nitrogen and oxygen atoms in total. The van der Waals surface area contributed by atoms with Gasteiger partial charge in [-0.25, -0.2) is 8.42 Å². The first-order valence-electron chi connectivity index (χ1n) is 6.37. The first-order chi connectivity index (χ1) is 9.43. The summed E-state index contributed by atoms with van der Waals surface area (Å²) < 4.78 is 23.1. The zero-order chi connectivity index (χ0) is 14.8. The molecule has 2 aliphatic heterocycles. The molecule has 0 spiro atoms. The summed E-state index contributed by atoms with van der Waals surface area (Å²) in [4.78, 5) is 24.9. The van der Waals surface area contributed by atoms with E-state index in [1.165, 1.54) is 4.90 Å². The van der Waals surface area contributed by atoms with E-state index < -0.39 is 15.9 Å². The van der Waals surface area contributed by atoms with Crippen molar-refractivity contribution in [2.24, 2.45) is 0 Å². The van der Waals surface area contributed by atoms with Crippen LogP contribution in [-0.2, 0) is 19.4 Å². The van der Waals surface area contributed by atoms with Gasteiger partial charge in [0.05, 0.1) is 24.6 Å². The molecule has 20 heavy (non-hydrogen) atoms. The number of piperazine rings is 1. The Bertz CT molecular complexity index is 542. The van der Waals surface area contributed by atoms with Crippen molar-refractivity contribution >= 4 is 21.7 Å². The van der Waals surface area contributed by atoms with Crippen LogP contribution < -0.4 is 10.6 Å². The molecule has 2 fully saturated rings. The Morgan fingerprint density at radius 3 is 2.75 bits per heavy atom. The van der Waals surface area contributed by atoms with Gasteiger partial charge >= 0.3 is 0 Å². The van der Waals surface area contributed by atoms with Crippen molar-refractivity contribution in [2.45, 2.75) is 18.5 Å². The van der Waals surface area contributed by atoms with Gasteiger partial charge in [-0.1, -0.05) is 5.92 Å². The Hall–Kier alpha value is -1.59. The fraction of sp³-hybridized carbons (Fsp3) is 0.667. The second-order valence-corrected chi connectivity index (χ2v) is 7.19. The summed E-state index contributed by atoms with van der Waals surface area (Å²) >= 11 is 0. The highest BCUT2D eigenvalue weighted by Crippen LogP contribution is 2.18. The van der Waals surface area contributed by atoms with Crippen LogP contribution in [0.3, 0.4) is 0 Å². The van der Waals surface area contributed by atoms with Crippen LogP contribution in [0, 0.1) is 12.3 Å². The maximum atomic E-state index is 12.4. The molecular formula is C12H17N3O4S. The van der Waals surface area contributed by atoms with Crippen LogP contribution in [0.2, 0.25) is 0 Å². The number of hydrogen-bond donors (Lipinski definition) is 2. The average molecular weight is 299 g/mol. The van der Waals surface area contributed by atoms with E-state index in [1.54, 1.807) is 0 Å². The van der Waals surface area contributed by atoms with Crippen LogP contribution in [-0.4, -0.2) is 68.4 Å². The fourth-order valence-electron chi connectivity index (χ4n) is 2.45. The zero-order valence-electron chi connectivity index (χ0n) is 11.0. The van der Waals surface area contributed by atoms with E-state index in [0.29, 0.717) is 6.42 Å². The molecule has 2 rings (SSSR count). The Labute approximate surface area is 118 Å². The summed E-state index contributed by atoms with van der Waals surface area (Å²) in [7, 11) is -3.08.